The van der Waals surface area contributed by atoms with Crippen LogP contribution in [0, 0.1) is 0 Å². The Morgan fingerprint density at radius 1 is 0.875 bits per heavy atom. The van der Waals surface area contributed by atoms with Gasteiger partial charge in [-0.15, -0.1) is 0 Å². The summed E-state index contributed by atoms with van der Waals surface area (Å²) in [5.41, 5.74) is 0. The highest BCUT2D eigenvalue weighted by Gasteiger charge is 2.19. The Bertz CT molecular complexity index is 430. The van der Waals surface area contributed by atoms with Crippen LogP contribution in [0.5, 0.6) is 0 Å². The molecule has 2 rings (SSSR count). The lowest BCUT2D eigenvalue weighted by Crippen LogP contribution is -2.33. The molecule has 8 heteroatoms. The van der Waals surface area contributed by atoms with E-state index in [9.17, 15) is 9.59 Å². The van der Waals surface area contributed by atoms with Crippen LogP contribution in [0.2, 0.25) is 0 Å². The third-order valence-electron chi connectivity index (χ3n) is 1.50. The summed E-state index contributed by atoms with van der Waals surface area (Å²) >= 11 is 0. The van der Waals surface area contributed by atoms with Crippen molar-refractivity contribution in [2.75, 3.05) is 0 Å². The molecule has 0 aliphatic rings. The number of rotatable bonds is 2. The standard InChI is InChI=1S/C8H6N4O4/c13-7(15-11-3-1-9-5-11)8(14)16-12-4-2-10-6-12/h1-6H. The van der Waals surface area contributed by atoms with E-state index in [4.69, 9.17) is 0 Å². The number of nitrogens with zero attached hydrogens (tertiary/aromatic N) is 4. The van der Waals surface area contributed by atoms with Crippen LogP contribution < -0.4 is 9.68 Å². The lowest BCUT2D eigenvalue weighted by molar-refractivity contribution is -0.168. The van der Waals surface area contributed by atoms with Crippen molar-refractivity contribution in [3.8, 4) is 0 Å². The first-order chi connectivity index (χ1) is 7.75. The first-order valence-corrected chi connectivity index (χ1v) is 4.16. The van der Waals surface area contributed by atoms with Crippen molar-refractivity contribution in [2.45, 2.75) is 0 Å². The van der Waals surface area contributed by atoms with Gasteiger partial charge in [0.2, 0.25) is 0 Å². The molecule has 8 nitrogen and oxygen atoms in total. The molecule has 0 amide bonds. The van der Waals surface area contributed by atoms with Crippen LogP contribution >= 0.6 is 0 Å². The van der Waals surface area contributed by atoms with Crippen LogP contribution in [-0.4, -0.2) is 31.4 Å². The molecule has 0 N–H and O–H groups in total. The van der Waals surface area contributed by atoms with Gasteiger partial charge in [-0.05, 0) is 0 Å². The van der Waals surface area contributed by atoms with Crippen molar-refractivity contribution in [3.05, 3.63) is 37.4 Å². The second-order valence-corrected chi connectivity index (χ2v) is 2.60. The molecule has 16 heavy (non-hydrogen) atoms. The van der Waals surface area contributed by atoms with Crippen molar-refractivity contribution < 1.29 is 19.3 Å². The second-order valence-electron chi connectivity index (χ2n) is 2.60. The van der Waals surface area contributed by atoms with E-state index < -0.39 is 11.9 Å². The molecule has 0 aromatic carbocycles. The number of imidazole rings is 2. The third-order valence-corrected chi connectivity index (χ3v) is 1.50. The third kappa shape index (κ3) is 2.23. The summed E-state index contributed by atoms with van der Waals surface area (Å²) in [6.45, 7) is 0. The van der Waals surface area contributed by atoms with E-state index in [2.05, 4.69) is 19.6 Å². The molecule has 2 aromatic rings. The van der Waals surface area contributed by atoms with Gasteiger partial charge in [0.05, 0.1) is 12.4 Å². The van der Waals surface area contributed by atoms with Crippen LogP contribution in [0.15, 0.2) is 37.4 Å². The summed E-state index contributed by atoms with van der Waals surface area (Å²) in [4.78, 5) is 38.7. The Morgan fingerprint density at radius 2 is 1.31 bits per heavy atom. The van der Waals surface area contributed by atoms with Crippen LogP contribution in [0.25, 0.3) is 0 Å². The van der Waals surface area contributed by atoms with Crippen LogP contribution in [0.1, 0.15) is 0 Å². The van der Waals surface area contributed by atoms with Gasteiger partial charge < -0.3 is 9.68 Å². The Labute approximate surface area is 89.0 Å². The number of aromatic nitrogens is 4. The molecule has 0 saturated heterocycles. The number of carbonyl (C=O) groups excluding carboxylic acids is 2. The summed E-state index contributed by atoms with van der Waals surface area (Å²) in [7, 11) is 0. The van der Waals surface area contributed by atoms with Gasteiger partial charge in [-0.3, -0.25) is 0 Å². The fraction of sp³-hybridized carbons (Fsp3) is 0. The molecule has 82 valence electrons. The highest BCUT2D eigenvalue weighted by molar-refractivity contribution is 6.29. The summed E-state index contributed by atoms with van der Waals surface area (Å²) < 4.78 is 1.97. The lowest BCUT2D eigenvalue weighted by atomic mass is 10.7. The zero-order valence-corrected chi connectivity index (χ0v) is 7.89. The Balaban J connectivity index is 1.92. The molecule has 0 saturated carbocycles. The van der Waals surface area contributed by atoms with Gasteiger partial charge >= 0.3 is 11.9 Å². The van der Waals surface area contributed by atoms with Crippen molar-refractivity contribution in [1.29, 1.82) is 0 Å². The summed E-state index contributed by atoms with van der Waals surface area (Å²) in [5.74, 6) is -2.32. The maximum Gasteiger partial charge on any atom is 0.444 e. The highest BCUT2D eigenvalue weighted by atomic mass is 16.7. The predicted molar refractivity (Wildman–Crippen MR) is 47.6 cm³/mol. The van der Waals surface area contributed by atoms with E-state index in [1.807, 2.05) is 0 Å². The Morgan fingerprint density at radius 3 is 1.62 bits per heavy atom. The average molecular weight is 222 g/mol. The van der Waals surface area contributed by atoms with Gasteiger partial charge in [0.1, 0.15) is 12.7 Å². The average Bonchev–Trinajstić information content (AvgIpc) is 2.90. The minimum absolute atomic E-state index is 0.984. The van der Waals surface area contributed by atoms with E-state index in [0.29, 0.717) is 0 Å². The maximum absolute atomic E-state index is 11.2. The topological polar surface area (TPSA) is 88.2 Å². The molecule has 0 aliphatic carbocycles. The molecule has 2 heterocycles. The Hall–Kier alpha value is -2.64. The van der Waals surface area contributed by atoms with Gasteiger partial charge in [-0.2, -0.15) is 9.46 Å². The van der Waals surface area contributed by atoms with Gasteiger partial charge in [0, 0.05) is 12.4 Å². The van der Waals surface area contributed by atoms with Crippen molar-refractivity contribution >= 4 is 11.9 Å². The van der Waals surface area contributed by atoms with Crippen molar-refractivity contribution in [3.63, 3.8) is 0 Å². The zero-order chi connectivity index (χ0) is 11.4. The first-order valence-electron chi connectivity index (χ1n) is 4.16. The van der Waals surface area contributed by atoms with Crippen LogP contribution in [0.3, 0.4) is 0 Å². The number of hydrogen-bond acceptors (Lipinski definition) is 6. The van der Waals surface area contributed by atoms with E-state index >= 15 is 0 Å². The molecule has 0 fully saturated rings. The van der Waals surface area contributed by atoms with Gasteiger partial charge in [0.15, 0.2) is 0 Å². The predicted octanol–water partition coefficient (Wildman–Crippen LogP) is -1.31. The fourth-order valence-electron chi connectivity index (χ4n) is 0.868. The van der Waals surface area contributed by atoms with Crippen LogP contribution in [0.4, 0.5) is 0 Å². The molecule has 2 aromatic heterocycles. The van der Waals surface area contributed by atoms with Crippen molar-refractivity contribution in [2.24, 2.45) is 0 Å². The first kappa shape index (κ1) is 9.90. The monoisotopic (exact) mass is 222 g/mol. The summed E-state index contributed by atoms with van der Waals surface area (Å²) in [6, 6.07) is 0. The van der Waals surface area contributed by atoms with E-state index in [0.717, 1.165) is 9.46 Å². The fourth-order valence-corrected chi connectivity index (χ4v) is 0.868. The Kier molecular flexibility index (Phi) is 2.63. The van der Waals surface area contributed by atoms with Crippen LogP contribution in [-0.2, 0) is 9.59 Å². The number of carbonyl (C=O) groups is 2. The second kappa shape index (κ2) is 4.26. The lowest BCUT2D eigenvalue weighted by Gasteiger charge is -2.03. The molecule has 0 radical (unpaired) electrons. The summed E-state index contributed by atoms with van der Waals surface area (Å²) in [5, 5.41) is 0. The van der Waals surface area contributed by atoms with Gasteiger partial charge in [-0.25, -0.2) is 19.6 Å². The molecule has 0 bridgehead atoms. The van der Waals surface area contributed by atoms with E-state index in [-0.39, 0.29) is 0 Å². The summed E-state index contributed by atoms with van der Waals surface area (Å²) in [6.07, 6.45) is 7.97. The van der Waals surface area contributed by atoms with E-state index in [1.165, 1.54) is 37.4 Å². The molecule has 0 unspecified atom stereocenters. The molecule has 0 atom stereocenters. The van der Waals surface area contributed by atoms with E-state index in [1.54, 1.807) is 0 Å². The maximum atomic E-state index is 11.2. The largest absolute Gasteiger partial charge is 0.444 e. The molecular weight excluding hydrogens is 216 g/mol. The minimum atomic E-state index is -1.16. The minimum Gasteiger partial charge on any atom is -0.324 e. The molecule has 0 aliphatic heterocycles. The number of hydrogen-bond donors (Lipinski definition) is 0. The quantitative estimate of drug-likeness (QED) is 0.586. The molecular formula is C8H6N4O4. The van der Waals surface area contributed by atoms with Gasteiger partial charge in [0.25, 0.3) is 0 Å². The zero-order valence-electron chi connectivity index (χ0n) is 7.89. The molecule has 0 spiro atoms. The smallest absolute Gasteiger partial charge is 0.324 e. The SMILES string of the molecule is O=C(On1ccnc1)C(=O)On1ccnc1. The van der Waals surface area contributed by atoms with Crippen molar-refractivity contribution in [1.82, 2.24) is 19.4 Å². The highest BCUT2D eigenvalue weighted by Crippen LogP contribution is 1.85. The van der Waals surface area contributed by atoms with Gasteiger partial charge in [-0.1, -0.05) is 0 Å². The normalized spacial score (nSPS) is 9.75.